The number of ether oxygens (including phenoxy) is 3. The van der Waals surface area contributed by atoms with Crippen LogP contribution in [0.5, 0.6) is 17.2 Å². The van der Waals surface area contributed by atoms with E-state index in [0.29, 0.717) is 23.8 Å². The van der Waals surface area contributed by atoms with Crippen LogP contribution in [0.3, 0.4) is 0 Å². The number of nitrogens with zero attached hydrogens (tertiary/aromatic N) is 1. The quantitative estimate of drug-likeness (QED) is 0.664. The van der Waals surface area contributed by atoms with Crippen LogP contribution in [0.2, 0.25) is 0 Å². The molecule has 2 aromatic rings. The van der Waals surface area contributed by atoms with Crippen molar-refractivity contribution < 1.29 is 19.0 Å². The molecule has 1 unspecified atom stereocenters. The summed E-state index contributed by atoms with van der Waals surface area (Å²) < 4.78 is 16.1. The monoisotopic (exact) mass is 400 g/mol. The first kappa shape index (κ1) is 22.6. The van der Waals surface area contributed by atoms with Crippen molar-refractivity contribution >= 4 is 5.91 Å². The van der Waals surface area contributed by atoms with E-state index in [1.54, 1.807) is 33.5 Å². The van der Waals surface area contributed by atoms with Gasteiger partial charge in [0, 0.05) is 6.54 Å². The van der Waals surface area contributed by atoms with E-state index in [-0.39, 0.29) is 18.4 Å². The Balaban J connectivity index is 2.07. The molecule has 2 aromatic carbocycles. The zero-order chi connectivity index (χ0) is 21.4. The highest BCUT2D eigenvalue weighted by Crippen LogP contribution is 2.38. The highest BCUT2D eigenvalue weighted by Gasteiger charge is 2.17. The second kappa shape index (κ2) is 10.7. The number of nitrogens with one attached hydrogen (secondary N) is 1. The van der Waals surface area contributed by atoms with Crippen LogP contribution >= 0.6 is 0 Å². The number of hydrogen-bond acceptors (Lipinski definition) is 5. The van der Waals surface area contributed by atoms with Crippen LogP contribution < -0.4 is 19.5 Å². The number of amides is 1. The fourth-order valence-electron chi connectivity index (χ4n) is 3.27. The molecule has 0 aliphatic heterocycles. The summed E-state index contributed by atoms with van der Waals surface area (Å²) in [6, 6.07) is 12.3. The lowest BCUT2D eigenvalue weighted by molar-refractivity contribution is -0.120. The topological polar surface area (TPSA) is 60.0 Å². The Morgan fingerprint density at radius 3 is 2.00 bits per heavy atom. The smallest absolute Gasteiger partial charge is 0.224 e. The molecule has 0 radical (unpaired) electrons. The molecule has 6 heteroatoms. The summed E-state index contributed by atoms with van der Waals surface area (Å²) in [5.74, 6) is 1.53. The lowest BCUT2D eigenvalue weighted by Gasteiger charge is -2.25. The molecule has 6 nitrogen and oxygen atoms in total. The van der Waals surface area contributed by atoms with E-state index >= 15 is 0 Å². The normalized spacial score (nSPS) is 11.8. The van der Waals surface area contributed by atoms with Gasteiger partial charge in [-0.15, -0.1) is 0 Å². The third-order valence-electron chi connectivity index (χ3n) is 4.98. The van der Waals surface area contributed by atoms with Gasteiger partial charge in [0.1, 0.15) is 0 Å². The van der Waals surface area contributed by atoms with Gasteiger partial charge in [0.15, 0.2) is 11.5 Å². The first-order valence-corrected chi connectivity index (χ1v) is 9.74. The van der Waals surface area contributed by atoms with E-state index in [2.05, 4.69) is 41.4 Å². The van der Waals surface area contributed by atoms with Crippen LogP contribution in [-0.4, -0.2) is 52.8 Å². The van der Waals surface area contributed by atoms with E-state index in [4.69, 9.17) is 14.2 Å². The number of likely N-dealkylation sites (N-methyl/N-ethyl adjacent to an activating group) is 1. The van der Waals surface area contributed by atoms with Gasteiger partial charge in [-0.05, 0) is 49.3 Å². The number of hydrogen-bond donors (Lipinski definition) is 1. The van der Waals surface area contributed by atoms with Gasteiger partial charge in [0.25, 0.3) is 0 Å². The lowest BCUT2D eigenvalue weighted by Crippen LogP contribution is -2.35. The van der Waals surface area contributed by atoms with Crippen molar-refractivity contribution in [2.24, 2.45) is 0 Å². The molecule has 0 aliphatic carbocycles. The number of rotatable bonds is 10. The second-order valence-electron chi connectivity index (χ2n) is 7.09. The average molecular weight is 401 g/mol. The molecule has 0 fully saturated rings. The molecular weight excluding hydrogens is 368 g/mol. The molecule has 158 valence electrons. The molecule has 0 bridgehead atoms. The van der Waals surface area contributed by atoms with Gasteiger partial charge in [0.05, 0.1) is 33.8 Å². The summed E-state index contributed by atoms with van der Waals surface area (Å²) >= 11 is 0. The molecule has 1 amide bonds. The van der Waals surface area contributed by atoms with Crippen molar-refractivity contribution in [1.82, 2.24) is 10.2 Å². The Bertz CT molecular complexity index is 778. The van der Waals surface area contributed by atoms with Gasteiger partial charge in [-0.3, -0.25) is 4.79 Å². The zero-order valence-corrected chi connectivity index (χ0v) is 18.2. The van der Waals surface area contributed by atoms with Crippen LogP contribution in [0.4, 0.5) is 0 Å². The third-order valence-corrected chi connectivity index (χ3v) is 4.98. The number of benzene rings is 2. The molecule has 2 rings (SSSR count). The Labute approximate surface area is 173 Å². The summed E-state index contributed by atoms with van der Waals surface area (Å²) in [6.45, 7) is 2.67. The maximum Gasteiger partial charge on any atom is 0.224 e. The second-order valence-corrected chi connectivity index (χ2v) is 7.09. The minimum Gasteiger partial charge on any atom is -0.493 e. The zero-order valence-electron chi connectivity index (χ0n) is 18.2. The van der Waals surface area contributed by atoms with Gasteiger partial charge < -0.3 is 24.4 Å². The van der Waals surface area contributed by atoms with Crippen molar-refractivity contribution in [3.05, 3.63) is 53.1 Å². The summed E-state index contributed by atoms with van der Waals surface area (Å²) in [5.41, 5.74) is 3.28. The fourth-order valence-corrected chi connectivity index (χ4v) is 3.27. The maximum absolute atomic E-state index is 12.6. The summed E-state index contributed by atoms with van der Waals surface area (Å²) in [7, 11) is 8.72. The van der Waals surface area contributed by atoms with Crippen molar-refractivity contribution in [3.8, 4) is 17.2 Å². The molecule has 0 aromatic heterocycles. The molecule has 1 N–H and O–H groups in total. The molecule has 0 heterocycles. The Kier molecular flexibility index (Phi) is 8.34. The van der Waals surface area contributed by atoms with Gasteiger partial charge in [-0.2, -0.15) is 0 Å². The molecular formula is C23H32N2O4. The standard InChI is InChI=1S/C23H32N2O4/c1-7-16-8-10-18(11-9-16)19(25(2)3)15-24-22(26)14-17-12-20(27-4)23(29-6)21(13-17)28-5/h8-13,19H,7,14-15H2,1-6H3,(H,24,26). The van der Waals surface area contributed by atoms with Gasteiger partial charge >= 0.3 is 0 Å². The summed E-state index contributed by atoms with van der Waals surface area (Å²) in [5, 5.41) is 3.05. The highest BCUT2D eigenvalue weighted by atomic mass is 16.5. The van der Waals surface area contributed by atoms with Crippen molar-refractivity contribution in [2.45, 2.75) is 25.8 Å². The van der Waals surface area contributed by atoms with E-state index in [0.717, 1.165) is 12.0 Å². The van der Waals surface area contributed by atoms with E-state index in [1.807, 2.05) is 14.1 Å². The molecule has 29 heavy (non-hydrogen) atoms. The van der Waals surface area contributed by atoms with Crippen LogP contribution in [0.15, 0.2) is 36.4 Å². The predicted molar refractivity (Wildman–Crippen MR) is 115 cm³/mol. The van der Waals surface area contributed by atoms with E-state index < -0.39 is 0 Å². The summed E-state index contributed by atoms with van der Waals surface area (Å²) in [4.78, 5) is 14.7. The predicted octanol–water partition coefficient (Wildman–Crippen LogP) is 3.24. The summed E-state index contributed by atoms with van der Waals surface area (Å²) in [6.07, 6.45) is 1.24. The van der Waals surface area contributed by atoms with Gasteiger partial charge in [-0.25, -0.2) is 0 Å². The first-order chi connectivity index (χ1) is 13.9. The third kappa shape index (κ3) is 5.87. The van der Waals surface area contributed by atoms with Crippen LogP contribution in [0.25, 0.3) is 0 Å². The minimum atomic E-state index is -0.0590. The van der Waals surface area contributed by atoms with Crippen molar-refractivity contribution in [1.29, 1.82) is 0 Å². The first-order valence-electron chi connectivity index (χ1n) is 9.74. The number of carbonyl (C=O) groups is 1. The average Bonchev–Trinajstić information content (AvgIpc) is 2.73. The van der Waals surface area contributed by atoms with Crippen LogP contribution in [0.1, 0.15) is 29.7 Å². The van der Waals surface area contributed by atoms with Crippen molar-refractivity contribution in [2.75, 3.05) is 42.0 Å². The SMILES string of the molecule is CCc1ccc(C(CNC(=O)Cc2cc(OC)c(OC)c(OC)c2)N(C)C)cc1. The fraction of sp³-hybridized carbons (Fsp3) is 0.435. The minimum absolute atomic E-state index is 0.0590. The number of methoxy groups -OCH3 is 3. The number of carbonyl (C=O) groups excluding carboxylic acids is 1. The molecule has 0 saturated heterocycles. The van der Waals surface area contributed by atoms with E-state index in [9.17, 15) is 4.79 Å². The van der Waals surface area contributed by atoms with Gasteiger partial charge in [-0.1, -0.05) is 31.2 Å². The molecule has 0 saturated carbocycles. The molecule has 0 spiro atoms. The molecule has 0 aliphatic rings. The van der Waals surface area contributed by atoms with E-state index in [1.165, 1.54) is 11.1 Å². The van der Waals surface area contributed by atoms with Crippen molar-refractivity contribution in [3.63, 3.8) is 0 Å². The maximum atomic E-state index is 12.6. The Morgan fingerprint density at radius 2 is 1.55 bits per heavy atom. The van der Waals surface area contributed by atoms with Gasteiger partial charge in [0.2, 0.25) is 11.7 Å². The van der Waals surface area contributed by atoms with Crippen LogP contribution in [-0.2, 0) is 17.6 Å². The Hall–Kier alpha value is -2.73. The Morgan fingerprint density at radius 1 is 0.966 bits per heavy atom. The highest BCUT2D eigenvalue weighted by molar-refractivity contribution is 5.79. The largest absolute Gasteiger partial charge is 0.493 e. The lowest BCUT2D eigenvalue weighted by atomic mass is 10.0. The van der Waals surface area contributed by atoms with Crippen LogP contribution in [0, 0.1) is 0 Å². The number of aryl methyl sites for hydroxylation is 1. The molecule has 1 atom stereocenters.